The van der Waals surface area contributed by atoms with E-state index in [1.165, 1.54) is 0 Å². The first kappa shape index (κ1) is 14.0. The Bertz CT molecular complexity index is 755. The number of pyridine rings is 1. The molecule has 0 aliphatic heterocycles. The number of aromatic nitrogens is 1. The number of amides is 1. The van der Waals surface area contributed by atoms with E-state index in [1.54, 1.807) is 12.4 Å². The van der Waals surface area contributed by atoms with Crippen LogP contribution in [0.4, 0.5) is 0 Å². The van der Waals surface area contributed by atoms with Crippen molar-refractivity contribution in [3.8, 4) is 11.1 Å². The third-order valence-corrected chi connectivity index (χ3v) is 3.48. The van der Waals surface area contributed by atoms with Gasteiger partial charge in [0.05, 0.1) is 0 Å². The molecule has 108 valence electrons. The lowest BCUT2D eigenvalue weighted by molar-refractivity contribution is 0.0951. The maximum atomic E-state index is 12.1. The molecule has 0 fully saturated rings. The van der Waals surface area contributed by atoms with Gasteiger partial charge >= 0.3 is 0 Å². The molecule has 0 spiro atoms. The highest BCUT2D eigenvalue weighted by molar-refractivity contribution is 5.94. The summed E-state index contributed by atoms with van der Waals surface area (Å²) in [5, 5.41) is 2.97. The molecule has 1 heterocycles. The second-order valence-electron chi connectivity index (χ2n) is 4.94. The molecular weight excluding hydrogens is 272 g/mol. The molecule has 1 aromatic heterocycles. The van der Waals surface area contributed by atoms with E-state index in [4.69, 9.17) is 0 Å². The van der Waals surface area contributed by atoms with Crippen LogP contribution in [0.1, 0.15) is 15.9 Å². The number of carbonyl (C=O) groups is 1. The Morgan fingerprint density at radius 1 is 0.864 bits per heavy atom. The van der Waals surface area contributed by atoms with Crippen molar-refractivity contribution in [1.82, 2.24) is 10.3 Å². The number of carbonyl (C=O) groups excluding carboxylic acids is 1. The zero-order valence-electron chi connectivity index (χ0n) is 12.1. The van der Waals surface area contributed by atoms with Gasteiger partial charge in [-0.25, -0.2) is 0 Å². The van der Waals surface area contributed by atoms with Crippen LogP contribution in [0, 0.1) is 0 Å². The van der Waals surface area contributed by atoms with E-state index in [-0.39, 0.29) is 5.91 Å². The van der Waals surface area contributed by atoms with Crippen LogP contribution in [0.2, 0.25) is 0 Å². The van der Waals surface area contributed by atoms with Crippen molar-refractivity contribution in [2.45, 2.75) is 6.54 Å². The van der Waals surface area contributed by atoms with Gasteiger partial charge in [0, 0.05) is 24.5 Å². The average Bonchev–Trinajstić information content (AvgIpc) is 2.61. The van der Waals surface area contributed by atoms with Gasteiger partial charge in [-0.2, -0.15) is 0 Å². The first-order valence-electron chi connectivity index (χ1n) is 7.16. The van der Waals surface area contributed by atoms with Crippen LogP contribution in [0.3, 0.4) is 0 Å². The first-order chi connectivity index (χ1) is 10.8. The molecule has 0 radical (unpaired) electrons. The number of rotatable bonds is 4. The van der Waals surface area contributed by atoms with E-state index in [9.17, 15) is 4.79 Å². The van der Waals surface area contributed by atoms with E-state index in [2.05, 4.69) is 16.4 Å². The highest BCUT2D eigenvalue weighted by atomic mass is 16.1. The van der Waals surface area contributed by atoms with E-state index in [0.717, 1.165) is 16.7 Å². The summed E-state index contributed by atoms with van der Waals surface area (Å²) in [5.74, 6) is -0.0647. The van der Waals surface area contributed by atoms with Crippen LogP contribution in [-0.2, 0) is 6.54 Å². The number of nitrogens with one attached hydrogen (secondary N) is 1. The summed E-state index contributed by atoms with van der Waals surface area (Å²) in [6.07, 6.45) is 3.54. The van der Waals surface area contributed by atoms with Gasteiger partial charge in [-0.05, 0) is 41.0 Å². The number of benzene rings is 2. The molecule has 1 N–H and O–H groups in total. The molecule has 3 aromatic rings. The molecular formula is C19H16N2O. The molecule has 3 nitrogen and oxygen atoms in total. The maximum absolute atomic E-state index is 12.1. The largest absolute Gasteiger partial charge is 0.348 e. The molecule has 1 amide bonds. The van der Waals surface area contributed by atoms with Gasteiger partial charge in [-0.1, -0.05) is 42.5 Å². The van der Waals surface area contributed by atoms with Crippen molar-refractivity contribution >= 4 is 5.91 Å². The fraction of sp³-hybridized carbons (Fsp3) is 0.0526. The minimum absolute atomic E-state index is 0.0647. The first-order valence-corrected chi connectivity index (χ1v) is 7.16. The van der Waals surface area contributed by atoms with Crippen LogP contribution < -0.4 is 5.32 Å². The Kier molecular flexibility index (Phi) is 4.25. The van der Waals surface area contributed by atoms with E-state index in [1.807, 2.05) is 60.7 Å². The van der Waals surface area contributed by atoms with Crippen molar-refractivity contribution in [3.05, 3.63) is 90.3 Å². The van der Waals surface area contributed by atoms with Gasteiger partial charge in [0.25, 0.3) is 5.91 Å². The van der Waals surface area contributed by atoms with Crippen LogP contribution in [0.5, 0.6) is 0 Å². The standard InChI is InChI=1S/C19H16N2O/c22-19(16-6-2-1-3-7-16)21-14-17-8-4-5-9-18(17)15-10-12-20-13-11-15/h1-13H,14H2,(H,21,22). The quantitative estimate of drug-likeness (QED) is 0.795. The molecule has 0 atom stereocenters. The third-order valence-electron chi connectivity index (χ3n) is 3.48. The number of nitrogens with zero attached hydrogens (tertiary/aromatic N) is 1. The lowest BCUT2D eigenvalue weighted by atomic mass is 10.0. The molecule has 2 aromatic carbocycles. The Morgan fingerprint density at radius 3 is 2.32 bits per heavy atom. The molecule has 0 saturated carbocycles. The maximum Gasteiger partial charge on any atom is 0.251 e. The van der Waals surface area contributed by atoms with Crippen molar-refractivity contribution in [1.29, 1.82) is 0 Å². The molecule has 22 heavy (non-hydrogen) atoms. The highest BCUT2D eigenvalue weighted by Gasteiger charge is 2.07. The Morgan fingerprint density at radius 2 is 1.55 bits per heavy atom. The van der Waals surface area contributed by atoms with Crippen molar-refractivity contribution in [3.63, 3.8) is 0 Å². The fourth-order valence-corrected chi connectivity index (χ4v) is 2.35. The van der Waals surface area contributed by atoms with Gasteiger partial charge in [0.15, 0.2) is 0 Å². The van der Waals surface area contributed by atoms with Gasteiger partial charge in [0.1, 0.15) is 0 Å². The molecule has 3 rings (SSSR count). The monoisotopic (exact) mass is 288 g/mol. The smallest absolute Gasteiger partial charge is 0.251 e. The molecule has 0 bridgehead atoms. The molecule has 0 aliphatic rings. The zero-order valence-corrected chi connectivity index (χ0v) is 12.1. The Hall–Kier alpha value is -2.94. The number of hydrogen-bond acceptors (Lipinski definition) is 2. The predicted octanol–water partition coefficient (Wildman–Crippen LogP) is 3.68. The van der Waals surface area contributed by atoms with E-state index < -0.39 is 0 Å². The molecule has 0 saturated heterocycles. The summed E-state index contributed by atoms with van der Waals surface area (Å²) in [4.78, 5) is 16.2. The minimum Gasteiger partial charge on any atom is -0.348 e. The second kappa shape index (κ2) is 6.68. The summed E-state index contributed by atoms with van der Waals surface area (Å²) in [7, 11) is 0. The van der Waals surface area contributed by atoms with Crippen molar-refractivity contribution in [2.24, 2.45) is 0 Å². The van der Waals surface area contributed by atoms with Crippen LogP contribution in [0.25, 0.3) is 11.1 Å². The van der Waals surface area contributed by atoms with E-state index >= 15 is 0 Å². The highest BCUT2D eigenvalue weighted by Crippen LogP contribution is 2.22. The second-order valence-corrected chi connectivity index (χ2v) is 4.94. The van der Waals surface area contributed by atoms with Crippen molar-refractivity contribution < 1.29 is 4.79 Å². The molecule has 0 unspecified atom stereocenters. The fourth-order valence-electron chi connectivity index (χ4n) is 2.35. The minimum atomic E-state index is -0.0647. The topological polar surface area (TPSA) is 42.0 Å². The van der Waals surface area contributed by atoms with Gasteiger partial charge in [-0.15, -0.1) is 0 Å². The normalized spacial score (nSPS) is 10.2. The molecule has 3 heteroatoms. The van der Waals surface area contributed by atoms with Gasteiger partial charge < -0.3 is 5.32 Å². The van der Waals surface area contributed by atoms with E-state index in [0.29, 0.717) is 12.1 Å². The summed E-state index contributed by atoms with van der Waals surface area (Å²) in [6, 6.07) is 21.2. The summed E-state index contributed by atoms with van der Waals surface area (Å²) in [6.45, 7) is 0.492. The Labute approximate surface area is 129 Å². The summed E-state index contributed by atoms with van der Waals surface area (Å²) < 4.78 is 0. The summed E-state index contributed by atoms with van der Waals surface area (Å²) in [5.41, 5.74) is 3.96. The van der Waals surface area contributed by atoms with Crippen LogP contribution >= 0.6 is 0 Å². The predicted molar refractivity (Wildman–Crippen MR) is 87.3 cm³/mol. The lowest BCUT2D eigenvalue weighted by Crippen LogP contribution is -2.22. The van der Waals surface area contributed by atoms with Crippen molar-refractivity contribution in [2.75, 3.05) is 0 Å². The average molecular weight is 288 g/mol. The SMILES string of the molecule is O=C(NCc1ccccc1-c1ccncc1)c1ccccc1. The lowest BCUT2D eigenvalue weighted by Gasteiger charge is -2.11. The van der Waals surface area contributed by atoms with Crippen LogP contribution in [-0.4, -0.2) is 10.9 Å². The zero-order chi connectivity index (χ0) is 15.2. The van der Waals surface area contributed by atoms with Gasteiger partial charge in [-0.3, -0.25) is 9.78 Å². The number of hydrogen-bond donors (Lipinski definition) is 1. The third kappa shape index (κ3) is 3.20. The summed E-state index contributed by atoms with van der Waals surface area (Å²) >= 11 is 0. The molecule has 0 aliphatic carbocycles. The Balaban J connectivity index is 1.78. The van der Waals surface area contributed by atoms with Gasteiger partial charge in [0.2, 0.25) is 0 Å². The van der Waals surface area contributed by atoms with Crippen LogP contribution in [0.15, 0.2) is 79.1 Å².